The lowest BCUT2D eigenvalue weighted by molar-refractivity contribution is -0.153. The van der Waals surface area contributed by atoms with Gasteiger partial charge in [0, 0.05) is 17.8 Å². The third-order valence-electron chi connectivity index (χ3n) is 3.96. The minimum absolute atomic E-state index is 0.0696. The van der Waals surface area contributed by atoms with Gasteiger partial charge in [0.1, 0.15) is 5.69 Å². The molecule has 2 aliphatic heterocycles. The van der Waals surface area contributed by atoms with Crippen LogP contribution in [0.15, 0.2) is 4.63 Å². The molecule has 0 aromatic carbocycles. The van der Waals surface area contributed by atoms with Crippen molar-refractivity contribution in [3.63, 3.8) is 0 Å². The fourth-order valence-electron chi connectivity index (χ4n) is 3.04. The molecule has 0 amide bonds. The van der Waals surface area contributed by atoms with Crippen LogP contribution < -0.4 is 0 Å². The molecule has 0 radical (unpaired) electrons. The summed E-state index contributed by atoms with van der Waals surface area (Å²) in [5.74, 6) is -0.990. The number of carbonyl (C=O) groups excluding carboxylic acids is 2. The van der Waals surface area contributed by atoms with E-state index in [1.54, 1.807) is 6.92 Å². The van der Waals surface area contributed by atoms with Crippen LogP contribution in [0.5, 0.6) is 0 Å². The summed E-state index contributed by atoms with van der Waals surface area (Å²) < 4.78 is 15.1. The maximum absolute atomic E-state index is 12.3. The van der Waals surface area contributed by atoms with Crippen molar-refractivity contribution in [3.05, 3.63) is 11.4 Å². The first kappa shape index (κ1) is 10.3. The SMILES string of the molecule is Cc1nonc1C(=O)[C@H]1[C@@H]2C(=O)[C@@H]3OC[C@H](O3)[C@@H]12. The smallest absolute Gasteiger partial charge is 0.218 e. The van der Waals surface area contributed by atoms with Gasteiger partial charge in [-0.15, -0.1) is 0 Å². The van der Waals surface area contributed by atoms with E-state index in [4.69, 9.17) is 9.47 Å². The van der Waals surface area contributed by atoms with E-state index in [1.165, 1.54) is 0 Å². The van der Waals surface area contributed by atoms with E-state index >= 15 is 0 Å². The van der Waals surface area contributed by atoms with Gasteiger partial charge < -0.3 is 9.47 Å². The zero-order valence-electron chi connectivity index (χ0n) is 9.53. The van der Waals surface area contributed by atoms with Gasteiger partial charge in [-0.3, -0.25) is 9.59 Å². The molecule has 5 atom stereocenters. The number of ether oxygens (including phenoxy) is 2. The van der Waals surface area contributed by atoms with Gasteiger partial charge in [0.15, 0.2) is 17.3 Å². The van der Waals surface area contributed by atoms with Gasteiger partial charge in [0.05, 0.1) is 12.7 Å². The number of carbonyl (C=O) groups is 2. The Morgan fingerprint density at radius 2 is 2.22 bits per heavy atom. The van der Waals surface area contributed by atoms with Crippen molar-refractivity contribution in [2.45, 2.75) is 19.3 Å². The van der Waals surface area contributed by atoms with Gasteiger partial charge in [0.2, 0.25) is 6.29 Å². The maximum atomic E-state index is 12.3. The molecule has 3 fully saturated rings. The van der Waals surface area contributed by atoms with Crippen LogP contribution in [0.1, 0.15) is 16.2 Å². The second-order valence-corrected chi connectivity index (χ2v) is 4.93. The summed E-state index contributed by atoms with van der Waals surface area (Å²) in [5.41, 5.74) is 0.678. The largest absolute Gasteiger partial charge is 0.343 e. The molecule has 0 N–H and O–H groups in total. The molecule has 4 rings (SSSR count). The number of fused-ring (bicyclic) bond motifs is 4. The lowest BCUT2D eigenvalue weighted by Crippen LogP contribution is -2.30. The van der Waals surface area contributed by atoms with Crippen molar-refractivity contribution in [2.24, 2.45) is 17.8 Å². The number of nitrogens with zero attached hydrogens (tertiary/aromatic N) is 2. The molecule has 3 aliphatic rings. The van der Waals surface area contributed by atoms with Crippen LogP contribution >= 0.6 is 0 Å². The summed E-state index contributed by atoms with van der Waals surface area (Å²) in [6, 6.07) is 0. The summed E-state index contributed by atoms with van der Waals surface area (Å²) >= 11 is 0. The molecule has 0 unspecified atom stereocenters. The summed E-state index contributed by atoms with van der Waals surface area (Å²) in [6.07, 6.45) is -0.919. The van der Waals surface area contributed by atoms with Crippen LogP contribution in [0, 0.1) is 24.7 Å². The molecule has 7 nitrogen and oxygen atoms in total. The number of hydrogen-bond acceptors (Lipinski definition) is 7. The highest BCUT2D eigenvalue weighted by molar-refractivity contribution is 6.05. The summed E-state index contributed by atoms with van der Waals surface area (Å²) in [6.45, 7) is 2.04. The topological polar surface area (TPSA) is 91.5 Å². The van der Waals surface area contributed by atoms with Crippen molar-refractivity contribution >= 4 is 11.6 Å². The fraction of sp³-hybridized carbons (Fsp3) is 0.636. The van der Waals surface area contributed by atoms with Crippen molar-refractivity contribution in [2.75, 3.05) is 6.61 Å². The van der Waals surface area contributed by atoms with E-state index in [1.807, 2.05) is 0 Å². The summed E-state index contributed by atoms with van der Waals surface area (Å²) in [7, 11) is 0. The minimum atomic E-state index is -0.773. The molecule has 0 spiro atoms. The quantitative estimate of drug-likeness (QED) is 0.668. The predicted molar refractivity (Wildman–Crippen MR) is 53.5 cm³/mol. The first-order valence-corrected chi connectivity index (χ1v) is 5.82. The number of aryl methyl sites for hydroxylation is 1. The van der Waals surface area contributed by atoms with E-state index in [0.717, 1.165) is 0 Å². The van der Waals surface area contributed by atoms with Crippen molar-refractivity contribution in [3.8, 4) is 0 Å². The van der Waals surface area contributed by atoms with E-state index in [2.05, 4.69) is 14.9 Å². The van der Waals surface area contributed by atoms with E-state index < -0.39 is 6.29 Å². The number of aromatic nitrogens is 2. The van der Waals surface area contributed by atoms with Gasteiger partial charge in [0.25, 0.3) is 0 Å². The number of ketones is 2. The third kappa shape index (κ3) is 1.15. The van der Waals surface area contributed by atoms with Crippen molar-refractivity contribution in [1.29, 1.82) is 0 Å². The average Bonchev–Trinajstić information content (AvgIpc) is 2.74. The standard InChI is InChI=1S/C11H10N2O5/c1-3-8(13-18-12-3)9(14)6-5-4-2-16-11(17-4)10(15)7(5)6/h4-7,11H,2H2,1H3/t4-,5-,6+,7+,11+/m0/s1. The second-order valence-electron chi connectivity index (χ2n) is 4.93. The second kappa shape index (κ2) is 3.24. The highest BCUT2D eigenvalue weighted by atomic mass is 16.7. The van der Waals surface area contributed by atoms with Crippen LogP contribution in [0.3, 0.4) is 0 Å². The Balaban J connectivity index is 1.64. The minimum Gasteiger partial charge on any atom is -0.343 e. The zero-order chi connectivity index (χ0) is 12.4. The Kier molecular flexibility index (Phi) is 1.86. The Labute approximate surface area is 101 Å². The Morgan fingerprint density at radius 3 is 2.94 bits per heavy atom. The normalized spacial score (nSPS) is 40.7. The molecule has 94 valence electrons. The number of Topliss-reactive ketones (excluding diaryl/α,β-unsaturated/α-hetero) is 2. The molecule has 1 aliphatic carbocycles. The molecule has 7 heteroatoms. The molecule has 3 heterocycles. The fourth-order valence-corrected chi connectivity index (χ4v) is 3.04. The molecule has 2 saturated heterocycles. The molecule has 18 heavy (non-hydrogen) atoms. The molecule has 1 aromatic rings. The van der Waals surface area contributed by atoms with Crippen LogP contribution in [-0.2, 0) is 14.3 Å². The third-order valence-corrected chi connectivity index (χ3v) is 3.96. The summed E-state index contributed by atoms with van der Waals surface area (Å²) in [5, 5.41) is 7.19. The van der Waals surface area contributed by atoms with Crippen molar-refractivity contribution < 1.29 is 23.7 Å². The highest BCUT2D eigenvalue weighted by Gasteiger charge is 2.69. The van der Waals surface area contributed by atoms with Crippen LogP contribution in [0.4, 0.5) is 0 Å². The van der Waals surface area contributed by atoms with Gasteiger partial charge in [-0.1, -0.05) is 5.16 Å². The van der Waals surface area contributed by atoms with Crippen LogP contribution in [0.25, 0.3) is 0 Å². The molecule has 1 saturated carbocycles. The average molecular weight is 250 g/mol. The van der Waals surface area contributed by atoms with Gasteiger partial charge in [-0.05, 0) is 12.1 Å². The van der Waals surface area contributed by atoms with E-state index in [0.29, 0.717) is 12.3 Å². The Hall–Kier alpha value is -1.60. The highest BCUT2D eigenvalue weighted by Crippen LogP contribution is 2.57. The molecular formula is C11H10N2O5. The van der Waals surface area contributed by atoms with Crippen LogP contribution in [0.2, 0.25) is 0 Å². The molecule has 1 aromatic heterocycles. The van der Waals surface area contributed by atoms with Gasteiger partial charge in [-0.2, -0.15) is 0 Å². The van der Waals surface area contributed by atoms with Gasteiger partial charge >= 0.3 is 0 Å². The Morgan fingerprint density at radius 1 is 1.39 bits per heavy atom. The number of rotatable bonds is 2. The first-order chi connectivity index (χ1) is 8.68. The van der Waals surface area contributed by atoms with Crippen molar-refractivity contribution in [1.82, 2.24) is 10.3 Å². The monoisotopic (exact) mass is 250 g/mol. The number of hydrogen-bond donors (Lipinski definition) is 0. The molecule has 2 bridgehead atoms. The van der Waals surface area contributed by atoms with E-state index in [9.17, 15) is 9.59 Å². The van der Waals surface area contributed by atoms with E-state index in [-0.39, 0.29) is 41.1 Å². The summed E-state index contributed by atoms with van der Waals surface area (Å²) in [4.78, 5) is 24.2. The Bertz CT molecular complexity index is 553. The maximum Gasteiger partial charge on any atom is 0.218 e. The van der Waals surface area contributed by atoms with Crippen LogP contribution in [-0.4, -0.2) is 40.9 Å². The van der Waals surface area contributed by atoms with Gasteiger partial charge in [-0.25, -0.2) is 4.63 Å². The molecular weight excluding hydrogens is 240 g/mol. The zero-order valence-corrected chi connectivity index (χ0v) is 9.53. The lowest BCUT2D eigenvalue weighted by atomic mass is 10.1. The lowest BCUT2D eigenvalue weighted by Gasteiger charge is -2.14. The predicted octanol–water partition coefficient (Wildman–Crippen LogP) is -0.253. The first-order valence-electron chi connectivity index (χ1n) is 5.82.